The first-order chi connectivity index (χ1) is 9.88. The van der Waals surface area contributed by atoms with E-state index in [2.05, 4.69) is 26.1 Å². The molecule has 21 heavy (non-hydrogen) atoms. The van der Waals surface area contributed by atoms with E-state index in [9.17, 15) is 9.59 Å². The Labute approximate surface area is 126 Å². The Hall–Kier alpha value is -1.84. The van der Waals surface area contributed by atoms with Gasteiger partial charge < -0.3 is 10.4 Å². The van der Waals surface area contributed by atoms with Crippen molar-refractivity contribution < 1.29 is 14.7 Å². The van der Waals surface area contributed by atoms with Crippen molar-refractivity contribution in [3.05, 3.63) is 35.4 Å². The average Bonchev–Trinajstić information content (AvgIpc) is 2.37. The minimum atomic E-state index is -0.927. The lowest BCUT2D eigenvalue weighted by Crippen LogP contribution is -2.27. The molecule has 4 nitrogen and oxygen atoms in total. The quantitative estimate of drug-likeness (QED) is 0.773. The monoisotopic (exact) mass is 291 g/mol. The Balaban J connectivity index is 2.34. The van der Waals surface area contributed by atoms with E-state index in [1.165, 1.54) is 0 Å². The number of hydrogen-bond donors (Lipinski definition) is 2. The second-order valence-corrected chi connectivity index (χ2v) is 6.04. The Morgan fingerprint density at radius 3 is 2.57 bits per heavy atom. The maximum Gasteiger partial charge on any atom is 0.335 e. The Kier molecular flexibility index (Phi) is 6.92. The fourth-order valence-corrected chi connectivity index (χ4v) is 2.48. The molecule has 1 unspecified atom stereocenters. The molecule has 1 atom stereocenters. The average molecular weight is 291 g/mol. The van der Waals surface area contributed by atoms with Crippen LogP contribution in [-0.2, 0) is 11.2 Å². The zero-order valence-corrected chi connectivity index (χ0v) is 13.1. The third-order valence-corrected chi connectivity index (χ3v) is 3.32. The molecule has 0 fully saturated rings. The summed E-state index contributed by atoms with van der Waals surface area (Å²) in [6.45, 7) is 6.94. The van der Waals surface area contributed by atoms with Gasteiger partial charge in [-0.3, -0.25) is 4.79 Å². The van der Waals surface area contributed by atoms with E-state index in [0.29, 0.717) is 31.2 Å². The number of hydrogen-bond acceptors (Lipinski definition) is 2. The number of aromatic carboxylic acids is 1. The summed E-state index contributed by atoms with van der Waals surface area (Å²) in [5.74, 6) is 0.132. The van der Waals surface area contributed by atoms with E-state index in [0.717, 1.165) is 12.0 Å². The molecule has 4 heteroatoms. The van der Waals surface area contributed by atoms with Gasteiger partial charge in [-0.1, -0.05) is 32.9 Å². The molecule has 1 aromatic carbocycles. The summed E-state index contributed by atoms with van der Waals surface area (Å²) in [5.41, 5.74) is 1.20. The van der Waals surface area contributed by atoms with Crippen LogP contribution in [0, 0.1) is 11.8 Å². The maximum atomic E-state index is 11.8. The number of nitrogens with one attached hydrogen (secondary N) is 1. The fourth-order valence-electron chi connectivity index (χ4n) is 2.48. The van der Waals surface area contributed by atoms with Gasteiger partial charge in [0.1, 0.15) is 0 Å². The van der Waals surface area contributed by atoms with Gasteiger partial charge in [0, 0.05) is 13.0 Å². The number of carboxylic acids is 1. The smallest absolute Gasteiger partial charge is 0.335 e. The maximum absolute atomic E-state index is 11.8. The van der Waals surface area contributed by atoms with E-state index in [1.54, 1.807) is 18.2 Å². The number of carbonyl (C=O) groups is 2. The Bertz CT molecular complexity index is 483. The van der Waals surface area contributed by atoms with Gasteiger partial charge in [0.25, 0.3) is 0 Å². The Morgan fingerprint density at radius 2 is 1.95 bits per heavy atom. The first-order valence-electron chi connectivity index (χ1n) is 7.47. The van der Waals surface area contributed by atoms with Crippen LogP contribution in [0.5, 0.6) is 0 Å². The van der Waals surface area contributed by atoms with Gasteiger partial charge in [-0.2, -0.15) is 0 Å². The third-order valence-electron chi connectivity index (χ3n) is 3.32. The highest BCUT2D eigenvalue weighted by Crippen LogP contribution is 2.14. The van der Waals surface area contributed by atoms with Crippen molar-refractivity contribution in [1.82, 2.24) is 5.32 Å². The number of amides is 1. The van der Waals surface area contributed by atoms with Crippen molar-refractivity contribution in [2.24, 2.45) is 11.8 Å². The molecule has 0 aromatic heterocycles. The van der Waals surface area contributed by atoms with Crippen molar-refractivity contribution in [2.75, 3.05) is 6.54 Å². The molecule has 116 valence electrons. The van der Waals surface area contributed by atoms with E-state index in [4.69, 9.17) is 5.11 Å². The molecule has 0 aliphatic rings. The van der Waals surface area contributed by atoms with Crippen LogP contribution in [0.3, 0.4) is 0 Å². The van der Waals surface area contributed by atoms with Crippen LogP contribution in [0.15, 0.2) is 24.3 Å². The molecule has 1 rings (SSSR count). The van der Waals surface area contributed by atoms with Gasteiger partial charge in [0.05, 0.1) is 5.56 Å². The largest absolute Gasteiger partial charge is 0.478 e. The summed E-state index contributed by atoms with van der Waals surface area (Å²) in [4.78, 5) is 22.7. The molecule has 0 aliphatic heterocycles. The van der Waals surface area contributed by atoms with Crippen LogP contribution in [0.1, 0.15) is 49.5 Å². The van der Waals surface area contributed by atoms with Gasteiger partial charge in [0.2, 0.25) is 5.91 Å². The molecule has 0 saturated carbocycles. The second kappa shape index (κ2) is 8.45. The zero-order chi connectivity index (χ0) is 15.8. The van der Waals surface area contributed by atoms with Crippen molar-refractivity contribution in [2.45, 2.75) is 40.0 Å². The van der Waals surface area contributed by atoms with E-state index >= 15 is 0 Å². The van der Waals surface area contributed by atoms with Crippen LogP contribution in [0.2, 0.25) is 0 Å². The molecule has 1 amide bonds. The lowest BCUT2D eigenvalue weighted by atomic mass is 9.96. The number of carbonyl (C=O) groups excluding carboxylic acids is 1. The molecule has 2 N–H and O–H groups in total. The molecule has 0 radical (unpaired) electrons. The summed E-state index contributed by atoms with van der Waals surface area (Å²) >= 11 is 0. The van der Waals surface area contributed by atoms with Gasteiger partial charge >= 0.3 is 5.97 Å². The topological polar surface area (TPSA) is 66.4 Å². The highest BCUT2D eigenvalue weighted by molar-refractivity contribution is 5.87. The molecule has 0 heterocycles. The van der Waals surface area contributed by atoms with Crippen LogP contribution in [-0.4, -0.2) is 23.5 Å². The second-order valence-electron chi connectivity index (χ2n) is 6.04. The zero-order valence-electron chi connectivity index (χ0n) is 13.1. The SMILES string of the molecule is CC(C)CC(C)CC(=O)NCCc1cccc(C(=O)O)c1. The summed E-state index contributed by atoms with van der Waals surface area (Å²) in [7, 11) is 0. The highest BCUT2D eigenvalue weighted by atomic mass is 16.4. The molecule has 0 saturated heterocycles. The van der Waals surface area contributed by atoms with Crippen LogP contribution in [0.4, 0.5) is 0 Å². The summed E-state index contributed by atoms with van der Waals surface area (Å²) in [6, 6.07) is 6.82. The van der Waals surface area contributed by atoms with Gasteiger partial charge in [-0.15, -0.1) is 0 Å². The predicted octanol–water partition coefficient (Wildman–Crippen LogP) is 3.12. The summed E-state index contributed by atoms with van der Waals surface area (Å²) in [6.07, 6.45) is 2.24. The molecule has 1 aromatic rings. The molecule has 0 aliphatic carbocycles. The first kappa shape index (κ1) is 17.2. The van der Waals surface area contributed by atoms with Gasteiger partial charge in [0.15, 0.2) is 0 Å². The molecule has 0 bridgehead atoms. The summed E-state index contributed by atoms with van der Waals surface area (Å²) in [5, 5.41) is 11.8. The van der Waals surface area contributed by atoms with Gasteiger partial charge in [-0.25, -0.2) is 4.79 Å². The van der Waals surface area contributed by atoms with E-state index < -0.39 is 5.97 Å². The lowest BCUT2D eigenvalue weighted by Gasteiger charge is -2.13. The third kappa shape index (κ3) is 6.93. The predicted molar refractivity (Wildman–Crippen MR) is 83.4 cm³/mol. The van der Waals surface area contributed by atoms with Crippen LogP contribution >= 0.6 is 0 Å². The first-order valence-corrected chi connectivity index (χ1v) is 7.47. The van der Waals surface area contributed by atoms with Crippen molar-refractivity contribution in [1.29, 1.82) is 0 Å². The normalized spacial score (nSPS) is 12.2. The van der Waals surface area contributed by atoms with E-state index in [-0.39, 0.29) is 11.5 Å². The van der Waals surface area contributed by atoms with Crippen molar-refractivity contribution in [3.8, 4) is 0 Å². The minimum absolute atomic E-state index is 0.0672. The number of carboxylic acid groups (broad SMARTS) is 1. The fraction of sp³-hybridized carbons (Fsp3) is 0.529. The summed E-state index contributed by atoms with van der Waals surface area (Å²) < 4.78 is 0. The lowest BCUT2D eigenvalue weighted by molar-refractivity contribution is -0.121. The van der Waals surface area contributed by atoms with Crippen molar-refractivity contribution >= 4 is 11.9 Å². The van der Waals surface area contributed by atoms with E-state index in [1.807, 2.05) is 6.07 Å². The van der Waals surface area contributed by atoms with Gasteiger partial charge in [-0.05, 0) is 42.4 Å². The Morgan fingerprint density at radius 1 is 1.24 bits per heavy atom. The van der Waals surface area contributed by atoms with Crippen LogP contribution < -0.4 is 5.32 Å². The number of rotatable bonds is 8. The molecule has 0 spiro atoms. The van der Waals surface area contributed by atoms with Crippen molar-refractivity contribution in [3.63, 3.8) is 0 Å². The van der Waals surface area contributed by atoms with Crippen LogP contribution in [0.25, 0.3) is 0 Å². The highest BCUT2D eigenvalue weighted by Gasteiger charge is 2.10. The number of benzene rings is 1. The minimum Gasteiger partial charge on any atom is -0.478 e. The molecular formula is C17H25NO3. The molecular weight excluding hydrogens is 266 g/mol. The standard InChI is InChI=1S/C17H25NO3/c1-12(2)9-13(3)10-16(19)18-8-7-14-5-4-6-15(11-14)17(20)21/h4-6,11-13H,7-10H2,1-3H3,(H,18,19)(H,20,21).